The molecule has 0 N–H and O–H groups in total. The van der Waals surface area contributed by atoms with Gasteiger partial charge in [0.2, 0.25) is 0 Å². The first-order valence-corrected chi connectivity index (χ1v) is 5.52. The van der Waals surface area contributed by atoms with Gasteiger partial charge in [-0.15, -0.1) is 0 Å². The second kappa shape index (κ2) is 4.28. The molecule has 0 aliphatic carbocycles. The van der Waals surface area contributed by atoms with Crippen LogP contribution in [-0.2, 0) is 4.74 Å². The lowest BCUT2D eigenvalue weighted by molar-refractivity contribution is 0.00680. The van der Waals surface area contributed by atoms with Crippen molar-refractivity contribution in [3.63, 3.8) is 0 Å². The third-order valence-corrected chi connectivity index (χ3v) is 2.28. The van der Waals surface area contributed by atoms with Crippen LogP contribution >= 0.6 is 0 Å². The van der Waals surface area contributed by atoms with E-state index in [4.69, 9.17) is 4.74 Å². The fourth-order valence-electron chi connectivity index (χ4n) is 1.83. The van der Waals surface area contributed by atoms with Gasteiger partial charge in [-0.2, -0.15) is 0 Å². The van der Waals surface area contributed by atoms with Crippen LogP contribution in [0.4, 0.5) is 0 Å². The van der Waals surface area contributed by atoms with E-state index in [0.29, 0.717) is 5.56 Å². The first kappa shape index (κ1) is 12.8. The van der Waals surface area contributed by atoms with Crippen molar-refractivity contribution in [2.45, 2.75) is 47.1 Å². The molecule has 0 aliphatic rings. The highest BCUT2D eigenvalue weighted by atomic mass is 16.6. The Balaban J connectivity index is 3.10. The average Bonchev–Trinajstić information content (AvgIpc) is 1.96. The number of rotatable bonds is 1. The molecule has 2 nitrogen and oxygen atoms in total. The van der Waals surface area contributed by atoms with Crippen molar-refractivity contribution in [3.05, 3.63) is 34.4 Å². The zero-order valence-corrected chi connectivity index (χ0v) is 11.0. The largest absolute Gasteiger partial charge is 0.456 e. The Morgan fingerprint density at radius 2 is 1.50 bits per heavy atom. The van der Waals surface area contributed by atoms with E-state index in [1.165, 1.54) is 5.56 Å². The number of ether oxygens (including phenoxy) is 1. The molecule has 1 aromatic rings. The second-order valence-electron chi connectivity index (χ2n) is 5.28. The van der Waals surface area contributed by atoms with Crippen LogP contribution in [0.15, 0.2) is 12.1 Å². The number of aryl methyl sites for hydroxylation is 3. The van der Waals surface area contributed by atoms with Crippen LogP contribution in [0.1, 0.15) is 47.8 Å². The minimum atomic E-state index is -0.444. The second-order valence-corrected chi connectivity index (χ2v) is 5.28. The smallest absolute Gasteiger partial charge is 0.339 e. The summed E-state index contributed by atoms with van der Waals surface area (Å²) >= 11 is 0. The van der Waals surface area contributed by atoms with Crippen molar-refractivity contribution in [2.24, 2.45) is 0 Å². The Kier molecular flexibility index (Phi) is 3.41. The van der Waals surface area contributed by atoms with Gasteiger partial charge in [0, 0.05) is 0 Å². The molecule has 0 saturated carbocycles. The predicted molar refractivity (Wildman–Crippen MR) is 65.8 cm³/mol. The number of carbonyl (C=O) groups excluding carboxylic acids is 1. The lowest BCUT2D eigenvalue weighted by Gasteiger charge is -2.21. The van der Waals surface area contributed by atoms with Crippen LogP contribution in [-0.4, -0.2) is 11.6 Å². The molecule has 16 heavy (non-hydrogen) atoms. The molecule has 2 heteroatoms. The molecule has 0 saturated heterocycles. The highest BCUT2D eigenvalue weighted by molar-refractivity contribution is 5.93. The molecule has 1 aromatic carbocycles. The van der Waals surface area contributed by atoms with Gasteiger partial charge in [-0.1, -0.05) is 17.7 Å². The molecule has 0 atom stereocenters. The van der Waals surface area contributed by atoms with Crippen LogP contribution < -0.4 is 0 Å². The number of hydrogen-bond donors (Lipinski definition) is 0. The Morgan fingerprint density at radius 3 is 1.88 bits per heavy atom. The maximum atomic E-state index is 12.0. The number of esters is 1. The SMILES string of the molecule is Cc1cc(C)c(C(=O)OC(C)(C)C)c(C)c1. The molecule has 1 rings (SSSR count). The molecule has 0 radical (unpaired) electrons. The van der Waals surface area contributed by atoms with Crippen LogP contribution in [0.3, 0.4) is 0 Å². The standard InChI is InChI=1S/C14H20O2/c1-9-7-10(2)12(11(3)8-9)13(15)16-14(4,5)6/h7-8H,1-6H3. The van der Waals surface area contributed by atoms with Crippen molar-refractivity contribution >= 4 is 5.97 Å². The number of carbonyl (C=O) groups is 1. The van der Waals surface area contributed by atoms with Gasteiger partial charge in [0.25, 0.3) is 0 Å². The summed E-state index contributed by atoms with van der Waals surface area (Å²) in [4.78, 5) is 12.0. The van der Waals surface area contributed by atoms with Crippen molar-refractivity contribution in [3.8, 4) is 0 Å². The number of benzene rings is 1. The van der Waals surface area contributed by atoms with E-state index in [-0.39, 0.29) is 5.97 Å². The monoisotopic (exact) mass is 220 g/mol. The maximum Gasteiger partial charge on any atom is 0.339 e. The van der Waals surface area contributed by atoms with Crippen LogP contribution in [0.5, 0.6) is 0 Å². The Labute approximate surface area is 97.6 Å². The number of hydrogen-bond acceptors (Lipinski definition) is 2. The van der Waals surface area contributed by atoms with Gasteiger partial charge < -0.3 is 4.74 Å². The van der Waals surface area contributed by atoms with Gasteiger partial charge in [-0.3, -0.25) is 0 Å². The molecule has 0 aromatic heterocycles. The van der Waals surface area contributed by atoms with Crippen LogP contribution in [0, 0.1) is 20.8 Å². The van der Waals surface area contributed by atoms with Gasteiger partial charge in [0.05, 0.1) is 5.56 Å². The first-order chi connectivity index (χ1) is 7.20. The van der Waals surface area contributed by atoms with E-state index in [9.17, 15) is 4.79 Å². The molecule has 0 heterocycles. The molecule has 0 bridgehead atoms. The van der Waals surface area contributed by atoms with Gasteiger partial charge in [0.15, 0.2) is 0 Å². The first-order valence-electron chi connectivity index (χ1n) is 5.52. The third kappa shape index (κ3) is 3.09. The van der Waals surface area contributed by atoms with Crippen LogP contribution in [0.2, 0.25) is 0 Å². The summed E-state index contributed by atoms with van der Waals surface area (Å²) in [5.41, 5.74) is 3.38. The molecule has 0 amide bonds. The summed E-state index contributed by atoms with van der Waals surface area (Å²) in [6.45, 7) is 11.6. The zero-order chi connectivity index (χ0) is 12.5. The summed E-state index contributed by atoms with van der Waals surface area (Å²) in [6, 6.07) is 4.01. The molecular weight excluding hydrogens is 200 g/mol. The third-order valence-electron chi connectivity index (χ3n) is 2.28. The Bertz CT molecular complexity index is 388. The van der Waals surface area contributed by atoms with Gasteiger partial charge in [0.1, 0.15) is 5.60 Å². The Morgan fingerprint density at radius 1 is 1.06 bits per heavy atom. The summed E-state index contributed by atoms with van der Waals surface area (Å²) in [7, 11) is 0. The minimum Gasteiger partial charge on any atom is -0.456 e. The highest BCUT2D eigenvalue weighted by Crippen LogP contribution is 2.20. The molecule has 0 fully saturated rings. The fourth-order valence-corrected chi connectivity index (χ4v) is 1.83. The van der Waals surface area contributed by atoms with Crippen LogP contribution in [0.25, 0.3) is 0 Å². The lowest BCUT2D eigenvalue weighted by atomic mass is 10.00. The van der Waals surface area contributed by atoms with E-state index < -0.39 is 5.60 Å². The van der Waals surface area contributed by atoms with Gasteiger partial charge in [-0.05, 0) is 52.7 Å². The van der Waals surface area contributed by atoms with E-state index in [1.54, 1.807) is 0 Å². The quantitative estimate of drug-likeness (QED) is 0.676. The lowest BCUT2D eigenvalue weighted by Crippen LogP contribution is -2.24. The summed E-state index contributed by atoms with van der Waals surface area (Å²) in [6.07, 6.45) is 0. The van der Waals surface area contributed by atoms with Gasteiger partial charge in [-0.25, -0.2) is 4.79 Å². The van der Waals surface area contributed by atoms with E-state index in [0.717, 1.165) is 11.1 Å². The van der Waals surface area contributed by atoms with Crippen molar-refractivity contribution in [1.29, 1.82) is 0 Å². The van der Waals surface area contributed by atoms with Crippen molar-refractivity contribution < 1.29 is 9.53 Å². The van der Waals surface area contributed by atoms with E-state index in [1.807, 2.05) is 53.7 Å². The molecular formula is C14H20O2. The zero-order valence-electron chi connectivity index (χ0n) is 11.0. The topological polar surface area (TPSA) is 26.3 Å². The molecule has 0 aliphatic heterocycles. The van der Waals surface area contributed by atoms with E-state index >= 15 is 0 Å². The minimum absolute atomic E-state index is 0.234. The van der Waals surface area contributed by atoms with Crippen molar-refractivity contribution in [2.75, 3.05) is 0 Å². The normalized spacial score (nSPS) is 11.4. The van der Waals surface area contributed by atoms with Crippen molar-refractivity contribution in [1.82, 2.24) is 0 Å². The average molecular weight is 220 g/mol. The summed E-state index contributed by atoms with van der Waals surface area (Å²) in [5.74, 6) is -0.234. The predicted octanol–water partition coefficient (Wildman–Crippen LogP) is 3.57. The summed E-state index contributed by atoms with van der Waals surface area (Å²) in [5, 5.41) is 0. The fraction of sp³-hybridized carbons (Fsp3) is 0.500. The highest BCUT2D eigenvalue weighted by Gasteiger charge is 2.20. The molecule has 88 valence electrons. The molecule has 0 unspecified atom stereocenters. The summed E-state index contributed by atoms with van der Waals surface area (Å²) < 4.78 is 5.39. The molecule has 0 spiro atoms. The maximum absolute atomic E-state index is 12.0. The Hall–Kier alpha value is -1.31. The van der Waals surface area contributed by atoms with Gasteiger partial charge >= 0.3 is 5.97 Å². The van der Waals surface area contributed by atoms with E-state index in [2.05, 4.69) is 0 Å².